The molecule has 1 atom stereocenters. The van der Waals surface area contributed by atoms with Gasteiger partial charge in [-0.15, -0.1) is 10.2 Å². The Morgan fingerprint density at radius 3 is 2.67 bits per heavy atom. The highest BCUT2D eigenvalue weighted by atomic mass is 32.2. The van der Waals surface area contributed by atoms with E-state index in [1.807, 2.05) is 18.5 Å². The molecule has 1 aromatic rings. The highest BCUT2D eigenvalue weighted by Gasteiger charge is 2.26. The first-order valence-electron chi connectivity index (χ1n) is 7.21. The van der Waals surface area contributed by atoms with E-state index in [4.69, 9.17) is 0 Å². The van der Waals surface area contributed by atoms with E-state index in [-0.39, 0.29) is 5.75 Å². The van der Waals surface area contributed by atoms with Crippen LogP contribution in [0.3, 0.4) is 0 Å². The van der Waals surface area contributed by atoms with E-state index in [0.717, 1.165) is 37.7 Å². The molecular weight excluding hydrogens is 290 g/mol. The van der Waals surface area contributed by atoms with Crippen LogP contribution in [0.1, 0.15) is 18.1 Å². The van der Waals surface area contributed by atoms with Crippen molar-refractivity contribution in [3.8, 4) is 0 Å². The van der Waals surface area contributed by atoms with Gasteiger partial charge in [0.05, 0.1) is 12.3 Å². The third kappa shape index (κ3) is 4.49. The molecule has 21 heavy (non-hydrogen) atoms. The molecule has 0 unspecified atom stereocenters. The lowest BCUT2D eigenvalue weighted by molar-refractivity contribution is 0.221. The zero-order valence-electron chi connectivity index (χ0n) is 13.3. The van der Waals surface area contributed by atoms with Crippen LogP contribution in [0.25, 0.3) is 0 Å². The van der Waals surface area contributed by atoms with Gasteiger partial charge in [-0.2, -0.15) is 0 Å². The van der Waals surface area contributed by atoms with Gasteiger partial charge in [-0.1, -0.05) is 0 Å². The van der Waals surface area contributed by atoms with Gasteiger partial charge < -0.3 is 9.47 Å². The molecule has 7 nitrogen and oxygen atoms in total. The maximum atomic E-state index is 11.2. The molecule has 2 rings (SSSR count). The van der Waals surface area contributed by atoms with Crippen molar-refractivity contribution in [1.29, 1.82) is 0 Å². The Morgan fingerprint density at radius 1 is 1.38 bits per heavy atom. The standard InChI is InChI=1S/C13H25N5O2S/c1-11-14-15-13(17(11)3)10-16(2)12-5-6-18(9-12)7-8-21(4,19)20/h12H,5-10H2,1-4H3/t12-/m0/s1. The van der Waals surface area contributed by atoms with Gasteiger partial charge in [0.1, 0.15) is 21.5 Å². The average molecular weight is 315 g/mol. The summed E-state index contributed by atoms with van der Waals surface area (Å²) in [4.78, 5) is 4.51. The Kier molecular flexibility index (Phi) is 5.00. The summed E-state index contributed by atoms with van der Waals surface area (Å²) < 4.78 is 24.5. The highest BCUT2D eigenvalue weighted by molar-refractivity contribution is 7.90. The fourth-order valence-electron chi connectivity index (χ4n) is 2.61. The summed E-state index contributed by atoms with van der Waals surface area (Å²) in [7, 11) is 1.19. The van der Waals surface area contributed by atoms with Gasteiger partial charge in [-0.05, 0) is 26.9 Å². The van der Waals surface area contributed by atoms with E-state index in [1.54, 1.807) is 0 Å². The quantitative estimate of drug-likeness (QED) is 0.716. The lowest BCUT2D eigenvalue weighted by Gasteiger charge is -2.24. The molecule has 0 bridgehead atoms. The normalized spacial score (nSPS) is 20.5. The number of rotatable bonds is 6. The fraction of sp³-hybridized carbons (Fsp3) is 0.846. The van der Waals surface area contributed by atoms with Crippen LogP contribution in [0.15, 0.2) is 0 Å². The Labute approximate surface area is 126 Å². The molecule has 1 fully saturated rings. The molecule has 1 aliphatic rings. The SMILES string of the molecule is Cc1nnc(CN(C)[C@H]2CCN(CCS(C)(=O)=O)C2)n1C. The molecule has 1 aromatic heterocycles. The van der Waals surface area contributed by atoms with Crippen molar-refractivity contribution in [2.75, 3.05) is 38.7 Å². The maximum Gasteiger partial charge on any atom is 0.148 e. The van der Waals surface area contributed by atoms with Crippen molar-refractivity contribution in [1.82, 2.24) is 24.6 Å². The van der Waals surface area contributed by atoms with Gasteiger partial charge in [0.25, 0.3) is 0 Å². The maximum absolute atomic E-state index is 11.2. The Bertz CT molecular complexity index is 583. The van der Waals surface area contributed by atoms with E-state index in [0.29, 0.717) is 12.6 Å². The van der Waals surface area contributed by atoms with Crippen molar-refractivity contribution in [3.63, 3.8) is 0 Å². The van der Waals surface area contributed by atoms with Crippen LogP contribution in [-0.4, -0.2) is 77.7 Å². The number of likely N-dealkylation sites (N-methyl/N-ethyl adjacent to an activating group) is 1. The van der Waals surface area contributed by atoms with Crippen LogP contribution in [0.4, 0.5) is 0 Å². The first-order valence-corrected chi connectivity index (χ1v) is 9.27. The Balaban J connectivity index is 1.85. The zero-order valence-corrected chi connectivity index (χ0v) is 14.1. The first kappa shape index (κ1) is 16.4. The largest absolute Gasteiger partial charge is 0.317 e. The predicted molar refractivity (Wildman–Crippen MR) is 81.8 cm³/mol. The van der Waals surface area contributed by atoms with Crippen LogP contribution in [-0.2, 0) is 23.4 Å². The third-order valence-corrected chi connectivity index (χ3v) is 5.15. The summed E-state index contributed by atoms with van der Waals surface area (Å²) in [6, 6.07) is 0.446. The topological polar surface area (TPSA) is 71.3 Å². The Morgan fingerprint density at radius 2 is 2.10 bits per heavy atom. The first-order chi connectivity index (χ1) is 9.76. The molecule has 0 amide bonds. The second kappa shape index (κ2) is 6.41. The fourth-order valence-corrected chi connectivity index (χ4v) is 3.20. The zero-order chi connectivity index (χ0) is 15.6. The average Bonchev–Trinajstić information content (AvgIpc) is 2.98. The number of hydrogen-bond acceptors (Lipinski definition) is 6. The van der Waals surface area contributed by atoms with Crippen molar-refractivity contribution in [2.45, 2.75) is 25.9 Å². The molecule has 0 N–H and O–H groups in total. The van der Waals surface area contributed by atoms with Gasteiger partial charge in [0.2, 0.25) is 0 Å². The molecule has 120 valence electrons. The van der Waals surface area contributed by atoms with Crippen LogP contribution in [0.5, 0.6) is 0 Å². The minimum atomic E-state index is -2.88. The van der Waals surface area contributed by atoms with Crippen molar-refractivity contribution in [2.24, 2.45) is 7.05 Å². The number of aromatic nitrogens is 3. The summed E-state index contributed by atoms with van der Waals surface area (Å²) in [6.45, 7) is 5.22. The third-order valence-electron chi connectivity index (χ3n) is 4.22. The predicted octanol–water partition coefficient (Wildman–Crippen LogP) is -0.326. The summed E-state index contributed by atoms with van der Waals surface area (Å²) in [5.41, 5.74) is 0. The molecule has 0 aromatic carbocycles. The molecule has 1 aliphatic heterocycles. The minimum absolute atomic E-state index is 0.242. The molecular formula is C13H25N5O2S. The summed E-state index contributed by atoms with van der Waals surface area (Å²) in [6.07, 6.45) is 2.36. The molecule has 0 spiro atoms. The van der Waals surface area contributed by atoms with Gasteiger partial charge in [0, 0.05) is 32.4 Å². The van der Waals surface area contributed by atoms with E-state index in [1.165, 1.54) is 6.26 Å². The summed E-state index contributed by atoms with van der Waals surface area (Å²) >= 11 is 0. The molecule has 2 heterocycles. The van der Waals surface area contributed by atoms with Crippen molar-refractivity contribution >= 4 is 9.84 Å². The second-order valence-electron chi connectivity index (χ2n) is 6.01. The molecule has 8 heteroatoms. The molecule has 1 saturated heterocycles. The summed E-state index contributed by atoms with van der Waals surface area (Å²) in [5, 5.41) is 8.27. The summed E-state index contributed by atoms with van der Waals surface area (Å²) in [5.74, 6) is 2.12. The van der Waals surface area contributed by atoms with Gasteiger partial charge >= 0.3 is 0 Å². The number of aryl methyl sites for hydroxylation is 1. The van der Waals surface area contributed by atoms with E-state index < -0.39 is 9.84 Å². The van der Waals surface area contributed by atoms with Crippen molar-refractivity contribution in [3.05, 3.63) is 11.6 Å². The van der Waals surface area contributed by atoms with Crippen LogP contribution in [0.2, 0.25) is 0 Å². The van der Waals surface area contributed by atoms with Crippen LogP contribution in [0, 0.1) is 6.92 Å². The molecule has 0 radical (unpaired) electrons. The highest BCUT2D eigenvalue weighted by Crippen LogP contribution is 2.16. The van der Waals surface area contributed by atoms with Gasteiger partial charge in [0.15, 0.2) is 0 Å². The van der Waals surface area contributed by atoms with Crippen LogP contribution >= 0.6 is 0 Å². The van der Waals surface area contributed by atoms with E-state index >= 15 is 0 Å². The molecule has 0 aliphatic carbocycles. The number of likely N-dealkylation sites (tertiary alicyclic amines) is 1. The lowest BCUT2D eigenvalue weighted by Crippen LogP contribution is -2.36. The van der Waals surface area contributed by atoms with E-state index in [2.05, 4.69) is 27.0 Å². The van der Waals surface area contributed by atoms with E-state index in [9.17, 15) is 8.42 Å². The number of hydrogen-bond donors (Lipinski definition) is 0. The van der Waals surface area contributed by atoms with Crippen molar-refractivity contribution < 1.29 is 8.42 Å². The number of sulfone groups is 1. The lowest BCUT2D eigenvalue weighted by atomic mass is 10.2. The smallest absolute Gasteiger partial charge is 0.148 e. The minimum Gasteiger partial charge on any atom is -0.317 e. The van der Waals surface area contributed by atoms with Gasteiger partial charge in [-0.25, -0.2) is 8.42 Å². The Hall–Kier alpha value is -0.990. The second-order valence-corrected chi connectivity index (χ2v) is 8.27. The van der Waals surface area contributed by atoms with Crippen LogP contribution < -0.4 is 0 Å². The molecule has 0 saturated carbocycles. The monoisotopic (exact) mass is 315 g/mol. The van der Waals surface area contributed by atoms with Gasteiger partial charge in [-0.3, -0.25) is 4.90 Å². The number of nitrogens with zero attached hydrogens (tertiary/aromatic N) is 5.